The second-order valence-electron chi connectivity index (χ2n) is 4.93. The lowest BCUT2D eigenvalue weighted by atomic mass is 10.2. The van der Waals surface area contributed by atoms with Gasteiger partial charge in [0.05, 0.1) is 6.61 Å². The molecule has 19 heavy (non-hydrogen) atoms. The van der Waals surface area contributed by atoms with E-state index in [9.17, 15) is 0 Å². The van der Waals surface area contributed by atoms with Crippen LogP contribution in [0.2, 0.25) is 5.02 Å². The van der Waals surface area contributed by atoms with Crippen LogP contribution >= 0.6 is 11.6 Å². The molecule has 0 aliphatic rings. The highest BCUT2D eigenvalue weighted by Gasteiger charge is 2.04. The van der Waals surface area contributed by atoms with E-state index in [-0.39, 0.29) is 0 Å². The van der Waals surface area contributed by atoms with Crippen LogP contribution in [0.4, 0.5) is 0 Å². The molecule has 108 valence electrons. The Labute approximate surface area is 121 Å². The highest BCUT2D eigenvalue weighted by atomic mass is 35.5. The average molecular weight is 285 g/mol. The molecule has 0 unspecified atom stereocenters. The molecule has 0 aromatic heterocycles. The molecule has 0 atom stereocenters. The maximum atomic E-state index is 6.04. The lowest BCUT2D eigenvalue weighted by Gasteiger charge is -2.13. The van der Waals surface area contributed by atoms with Crippen LogP contribution in [0.5, 0.6) is 5.75 Å². The molecule has 0 heterocycles. The van der Waals surface area contributed by atoms with Crippen molar-refractivity contribution in [2.45, 2.75) is 26.3 Å². The van der Waals surface area contributed by atoms with Gasteiger partial charge < -0.3 is 15.0 Å². The van der Waals surface area contributed by atoms with Gasteiger partial charge in [0.15, 0.2) is 0 Å². The minimum Gasteiger partial charge on any atom is -0.493 e. The number of hydrogen-bond acceptors (Lipinski definition) is 3. The number of nitrogens with zero attached hydrogens (tertiary/aromatic N) is 1. The minimum atomic E-state index is 0.745. The molecule has 0 bridgehead atoms. The van der Waals surface area contributed by atoms with Crippen molar-refractivity contribution >= 4 is 11.6 Å². The number of nitrogens with one attached hydrogen (secondary N) is 1. The number of halogens is 1. The van der Waals surface area contributed by atoms with E-state index in [0.29, 0.717) is 0 Å². The minimum absolute atomic E-state index is 0.745. The summed E-state index contributed by atoms with van der Waals surface area (Å²) in [4.78, 5) is 2.19. The standard InChI is InChI=1S/C15H25ClN2O/c1-4-10-19-15-7-6-14(16)11-13(15)12-17-8-5-9-18(2)3/h6-7,11,17H,4-5,8-10,12H2,1-3H3. The Balaban J connectivity index is 2.44. The van der Waals surface area contributed by atoms with Gasteiger partial charge in [-0.05, 0) is 58.2 Å². The molecule has 0 aliphatic heterocycles. The van der Waals surface area contributed by atoms with Gasteiger partial charge in [0, 0.05) is 17.1 Å². The fourth-order valence-electron chi connectivity index (χ4n) is 1.78. The van der Waals surface area contributed by atoms with Crippen molar-refractivity contribution in [1.82, 2.24) is 10.2 Å². The fraction of sp³-hybridized carbons (Fsp3) is 0.600. The predicted molar refractivity (Wildman–Crippen MR) is 82.1 cm³/mol. The second-order valence-corrected chi connectivity index (χ2v) is 5.37. The summed E-state index contributed by atoms with van der Waals surface area (Å²) in [5.74, 6) is 0.936. The molecule has 0 fully saturated rings. The van der Waals surface area contributed by atoms with Gasteiger partial charge >= 0.3 is 0 Å². The Hall–Kier alpha value is -0.770. The first-order valence-electron chi connectivity index (χ1n) is 6.90. The predicted octanol–water partition coefficient (Wildman–Crippen LogP) is 3.17. The van der Waals surface area contributed by atoms with Crippen LogP contribution in [0.1, 0.15) is 25.3 Å². The molecule has 4 heteroatoms. The van der Waals surface area contributed by atoms with Crippen molar-refractivity contribution < 1.29 is 4.74 Å². The van der Waals surface area contributed by atoms with Gasteiger partial charge in [-0.15, -0.1) is 0 Å². The van der Waals surface area contributed by atoms with E-state index in [1.54, 1.807) is 0 Å². The second kappa shape index (κ2) is 9.18. The summed E-state index contributed by atoms with van der Waals surface area (Å²) in [6.07, 6.45) is 2.15. The number of benzene rings is 1. The Kier molecular flexibility index (Phi) is 7.87. The molecule has 0 amide bonds. The molecule has 1 N–H and O–H groups in total. The number of ether oxygens (including phenoxy) is 1. The van der Waals surface area contributed by atoms with Gasteiger partial charge in [-0.1, -0.05) is 18.5 Å². The molecule has 0 saturated carbocycles. The van der Waals surface area contributed by atoms with Crippen molar-refractivity contribution in [1.29, 1.82) is 0 Å². The Morgan fingerprint density at radius 3 is 2.79 bits per heavy atom. The molecule has 0 radical (unpaired) electrons. The summed E-state index contributed by atoms with van der Waals surface area (Å²) >= 11 is 6.04. The van der Waals surface area contributed by atoms with Crippen molar-refractivity contribution in [3.8, 4) is 5.75 Å². The Bertz CT molecular complexity index is 369. The van der Waals surface area contributed by atoms with E-state index in [2.05, 4.69) is 31.2 Å². The zero-order valence-electron chi connectivity index (χ0n) is 12.2. The van der Waals surface area contributed by atoms with E-state index in [1.165, 1.54) is 0 Å². The Morgan fingerprint density at radius 1 is 1.32 bits per heavy atom. The van der Waals surface area contributed by atoms with E-state index in [0.717, 1.165) is 55.4 Å². The lowest BCUT2D eigenvalue weighted by Crippen LogP contribution is -2.21. The highest BCUT2D eigenvalue weighted by Crippen LogP contribution is 2.23. The quantitative estimate of drug-likeness (QED) is 0.705. The van der Waals surface area contributed by atoms with Crippen LogP contribution in [-0.2, 0) is 6.54 Å². The lowest BCUT2D eigenvalue weighted by molar-refractivity contribution is 0.313. The van der Waals surface area contributed by atoms with E-state index in [4.69, 9.17) is 16.3 Å². The van der Waals surface area contributed by atoms with Crippen LogP contribution in [0, 0.1) is 0 Å². The highest BCUT2D eigenvalue weighted by molar-refractivity contribution is 6.30. The van der Waals surface area contributed by atoms with Gasteiger partial charge in [-0.25, -0.2) is 0 Å². The van der Waals surface area contributed by atoms with Crippen molar-refractivity contribution in [2.75, 3.05) is 33.8 Å². The van der Waals surface area contributed by atoms with Crippen LogP contribution in [0.3, 0.4) is 0 Å². The first kappa shape index (κ1) is 16.3. The number of hydrogen-bond donors (Lipinski definition) is 1. The van der Waals surface area contributed by atoms with E-state index < -0.39 is 0 Å². The summed E-state index contributed by atoms with van der Waals surface area (Å²) in [5.41, 5.74) is 1.13. The van der Waals surface area contributed by atoms with Crippen molar-refractivity contribution in [2.24, 2.45) is 0 Å². The third-order valence-electron chi connectivity index (χ3n) is 2.76. The molecule has 1 aromatic rings. The summed E-state index contributed by atoms with van der Waals surface area (Å²) in [6, 6.07) is 5.81. The van der Waals surface area contributed by atoms with E-state index in [1.807, 2.05) is 18.2 Å². The topological polar surface area (TPSA) is 24.5 Å². The third-order valence-corrected chi connectivity index (χ3v) is 2.99. The normalized spacial score (nSPS) is 11.0. The third kappa shape index (κ3) is 6.81. The molecule has 0 aliphatic carbocycles. The zero-order valence-corrected chi connectivity index (χ0v) is 13.0. The molecular weight excluding hydrogens is 260 g/mol. The van der Waals surface area contributed by atoms with Gasteiger partial charge in [0.25, 0.3) is 0 Å². The van der Waals surface area contributed by atoms with Crippen LogP contribution in [0.15, 0.2) is 18.2 Å². The first-order valence-corrected chi connectivity index (χ1v) is 7.28. The van der Waals surface area contributed by atoms with Crippen LogP contribution < -0.4 is 10.1 Å². The smallest absolute Gasteiger partial charge is 0.123 e. The monoisotopic (exact) mass is 284 g/mol. The molecule has 0 saturated heterocycles. The van der Waals surface area contributed by atoms with Crippen molar-refractivity contribution in [3.05, 3.63) is 28.8 Å². The SMILES string of the molecule is CCCOc1ccc(Cl)cc1CNCCCN(C)C. The summed E-state index contributed by atoms with van der Waals surface area (Å²) < 4.78 is 5.73. The van der Waals surface area contributed by atoms with Crippen LogP contribution in [-0.4, -0.2) is 38.7 Å². The molecule has 3 nitrogen and oxygen atoms in total. The molecule has 1 rings (SSSR count). The van der Waals surface area contributed by atoms with Crippen LogP contribution in [0.25, 0.3) is 0 Å². The van der Waals surface area contributed by atoms with Gasteiger partial charge in [-0.2, -0.15) is 0 Å². The average Bonchev–Trinajstić information content (AvgIpc) is 2.37. The molecule has 0 spiro atoms. The summed E-state index contributed by atoms with van der Waals surface area (Å²) in [6.45, 7) is 5.75. The largest absolute Gasteiger partial charge is 0.493 e. The zero-order chi connectivity index (χ0) is 14.1. The fourth-order valence-corrected chi connectivity index (χ4v) is 1.98. The van der Waals surface area contributed by atoms with E-state index >= 15 is 0 Å². The number of rotatable bonds is 9. The maximum absolute atomic E-state index is 6.04. The summed E-state index contributed by atoms with van der Waals surface area (Å²) in [5, 5.41) is 4.19. The maximum Gasteiger partial charge on any atom is 0.123 e. The molecular formula is C15H25ClN2O. The molecule has 1 aromatic carbocycles. The van der Waals surface area contributed by atoms with Gasteiger partial charge in [0.2, 0.25) is 0 Å². The summed E-state index contributed by atoms with van der Waals surface area (Å²) in [7, 11) is 4.18. The van der Waals surface area contributed by atoms with Crippen molar-refractivity contribution in [3.63, 3.8) is 0 Å². The first-order chi connectivity index (χ1) is 9.13. The van der Waals surface area contributed by atoms with Gasteiger partial charge in [0.1, 0.15) is 5.75 Å². The Morgan fingerprint density at radius 2 is 2.11 bits per heavy atom. The van der Waals surface area contributed by atoms with Gasteiger partial charge in [-0.3, -0.25) is 0 Å².